The summed E-state index contributed by atoms with van der Waals surface area (Å²) in [6, 6.07) is 0.798. The minimum Gasteiger partial charge on any atom is -0.303 e. The first-order chi connectivity index (χ1) is 8.36. The first-order valence-corrected chi connectivity index (χ1v) is 7.94. The first kappa shape index (κ1) is 10.5. The van der Waals surface area contributed by atoms with Crippen LogP contribution in [0.1, 0.15) is 60.5 Å². The standard InChI is InChI=1S/C14H20N2S/c1-2-9-14(8-1,16-10-6-7-10)13-15-11-4-3-5-12(11)17-13/h10,16H,1-9H2. The molecule has 17 heavy (non-hydrogen) atoms. The van der Waals surface area contributed by atoms with Crippen molar-refractivity contribution in [2.45, 2.75) is 69.4 Å². The molecule has 0 amide bonds. The first-order valence-electron chi connectivity index (χ1n) is 7.12. The molecular formula is C14H20N2S. The smallest absolute Gasteiger partial charge is 0.113 e. The third-order valence-corrected chi connectivity index (χ3v) is 5.88. The molecule has 0 saturated heterocycles. The van der Waals surface area contributed by atoms with Crippen LogP contribution in [0.5, 0.6) is 0 Å². The van der Waals surface area contributed by atoms with E-state index < -0.39 is 0 Å². The van der Waals surface area contributed by atoms with Crippen molar-refractivity contribution in [1.29, 1.82) is 0 Å². The zero-order chi connectivity index (χ0) is 11.3. The molecule has 0 spiro atoms. The number of aromatic nitrogens is 1. The Balaban J connectivity index is 1.67. The maximum atomic E-state index is 4.98. The lowest BCUT2D eigenvalue weighted by Gasteiger charge is -2.28. The molecule has 0 radical (unpaired) electrons. The molecule has 3 aliphatic rings. The number of hydrogen-bond donors (Lipinski definition) is 1. The highest BCUT2D eigenvalue weighted by atomic mass is 32.1. The SMILES string of the molecule is C1Cc2nc(C3(NC4CC4)CCCC3)sc2C1. The summed E-state index contributed by atoms with van der Waals surface area (Å²) in [5.74, 6) is 0. The van der Waals surface area contributed by atoms with E-state index in [2.05, 4.69) is 5.32 Å². The summed E-state index contributed by atoms with van der Waals surface area (Å²) in [5, 5.41) is 5.34. The monoisotopic (exact) mass is 248 g/mol. The van der Waals surface area contributed by atoms with Crippen molar-refractivity contribution in [3.05, 3.63) is 15.6 Å². The van der Waals surface area contributed by atoms with E-state index in [4.69, 9.17) is 4.98 Å². The highest BCUT2D eigenvalue weighted by molar-refractivity contribution is 7.12. The number of nitrogens with zero attached hydrogens (tertiary/aromatic N) is 1. The van der Waals surface area contributed by atoms with Crippen LogP contribution in [-0.4, -0.2) is 11.0 Å². The molecule has 0 bridgehead atoms. The van der Waals surface area contributed by atoms with Crippen LogP contribution in [0.3, 0.4) is 0 Å². The maximum Gasteiger partial charge on any atom is 0.113 e. The van der Waals surface area contributed by atoms with Gasteiger partial charge in [-0.2, -0.15) is 0 Å². The third-order valence-electron chi connectivity index (χ3n) is 4.52. The Morgan fingerprint density at radius 2 is 1.94 bits per heavy atom. The summed E-state index contributed by atoms with van der Waals surface area (Å²) in [6.07, 6.45) is 12.0. The molecule has 4 rings (SSSR count). The summed E-state index contributed by atoms with van der Waals surface area (Å²) in [7, 11) is 0. The lowest BCUT2D eigenvalue weighted by molar-refractivity contribution is 0.336. The minimum absolute atomic E-state index is 0.274. The Morgan fingerprint density at radius 3 is 2.65 bits per heavy atom. The highest BCUT2D eigenvalue weighted by Crippen LogP contribution is 2.44. The van der Waals surface area contributed by atoms with Crippen molar-refractivity contribution in [3.63, 3.8) is 0 Å². The van der Waals surface area contributed by atoms with Crippen molar-refractivity contribution < 1.29 is 0 Å². The second-order valence-corrected chi connectivity index (χ2v) is 7.03. The Morgan fingerprint density at radius 1 is 1.12 bits per heavy atom. The quantitative estimate of drug-likeness (QED) is 0.889. The van der Waals surface area contributed by atoms with E-state index in [1.54, 1.807) is 4.88 Å². The molecule has 2 nitrogen and oxygen atoms in total. The van der Waals surface area contributed by atoms with Gasteiger partial charge in [-0.1, -0.05) is 12.8 Å². The molecule has 3 heteroatoms. The average Bonchev–Trinajstić information content (AvgIpc) is 2.76. The molecule has 1 N–H and O–H groups in total. The molecule has 2 fully saturated rings. The molecule has 0 aromatic carbocycles. The van der Waals surface area contributed by atoms with Crippen LogP contribution in [0.15, 0.2) is 0 Å². The van der Waals surface area contributed by atoms with Gasteiger partial charge in [-0.25, -0.2) is 4.98 Å². The fraction of sp³-hybridized carbons (Fsp3) is 0.786. The van der Waals surface area contributed by atoms with Crippen LogP contribution in [0, 0.1) is 0 Å². The number of rotatable bonds is 3. The lowest BCUT2D eigenvalue weighted by Crippen LogP contribution is -2.41. The summed E-state index contributed by atoms with van der Waals surface area (Å²) in [4.78, 5) is 6.57. The molecule has 2 saturated carbocycles. The number of nitrogens with one attached hydrogen (secondary N) is 1. The topological polar surface area (TPSA) is 24.9 Å². The fourth-order valence-corrected chi connectivity index (χ4v) is 4.77. The minimum atomic E-state index is 0.274. The molecule has 1 aromatic heterocycles. The van der Waals surface area contributed by atoms with Gasteiger partial charge in [0.15, 0.2) is 0 Å². The highest BCUT2D eigenvalue weighted by Gasteiger charge is 2.42. The second-order valence-electron chi connectivity index (χ2n) is 5.95. The molecular weight excluding hydrogens is 228 g/mol. The van der Waals surface area contributed by atoms with Crippen molar-refractivity contribution in [2.75, 3.05) is 0 Å². The van der Waals surface area contributed by atoms with E-state index in [0.29, 0.717) is 0 Å². The number of hydrogen-bond acceptors (Lipinski definition) is 3. The van der Waals surface area contributed by atoms with Gasteiger partial charge in [0, 0.05) is 10.9 Å². The summed E-state index contributed by atoms with van der Waals surface area (Å²) in [5.41, 5.74) is 1.70. The zero-order valence-electron chi connectivity index (χ0n) is 10.3. The number of thiazole rings is 1. The van der Waals surface area contributed by atoms with Crippen molar-refractivity contribution in [1.82, 2.24) is 10.3 Å². The summed E-state index contributed by atoms with van der Waals surface area (Å²) >= 11 is 2.01. The van der Waals surface area contributed by atoms with Gasteiger partial charge in [-0.15, -0.1) is 11.3 Å². The van der Waals surface area contributed by atoms with Gasteiger partial charge >= 0.3 is 0 Å². The second kappa shape index (κ2) is 3.79. The van der Waals surface area contributed by atoms with Crippen LogP contribution in [0.25, 0.3) is 0 Å². The fourth-order valence-electron chi connectivity index (χ4n) is 3.41. The van der Waals surface area contributed by atoms with Crippen molar-refractivity contribution in [3.8, 4) is 0 Å². The van der Waals surface area contributed by atoms with E-state index in [1.807, 2.05) is 11.3 Å². The van der Waals surface area contributed by atoms with Gasteiger partial charge in [0.2, 0.25) is 0 Å². The number of aryl methyl sites for hydroxylation is 2. The maximum absolute atomic E-state index is 4.98. The molecule has 3 aliphatic carbocycles. The molecule has 1 heterocycles. The van der Waals surface area contributed by atoms with E-state index in [0.717, 1.165) is 6.04 Å². The molecule has 0 aliphatic heterocycles. The predicted molar refractivity (Wildman–Crippen MR) is 70.4 cm³/mol. The van der Waals surface area contributed by atoms with E-state index >= 15 is 0 Å². The van der Waals surface area contributed by atoms with Gasteiger partial charge in [-0.05, 0) is 44.9 Å². The van der Waals surface area contributed by atoms with Crippen LogP contribution in [-0.2, 0) is 18.4 Å². The summed E-state index contributed by atoms with van der Waals surface area (Å²) < 4.78 is 0. The van der Waals surface area contributed by atoms with Crippen molar-refractivity contribution in [2.24, 2.45) is 0 Å². The largest absolute Gasteiger partial charge is 0.303 e. The predicted octanol–water partition coefficient (Wildman–Crippen LogP) is 3.15. The van der Waals surface area contributed by atoms with Crippen molar-refractivity contribution >= 4 is 11.3 Å². The van der Waals surface area contributed by atoms with Gasteiger partial charge in [0.25, 0.3) is 0 Å². The van der Waals surface area contributed by atoms with E-state index in [9.17, 15) is 0 Å². The van der Waals surface area contributed by atoms with Crippen LogP contribution in [0.2, 0.25) is 0 Å². The van der Waals surface area contributed by atoms with Gasteiger partial charge in [-0.3, -0.25) is 0 Å². The molecule has 0 unspecified atom stereocenters. The van der Waals surface area contributed by atoms with Crippen LogP contribution >= 0.6 is 11.3 Å². The zero-order valence-corrected chi connectivity index (χ0v) is 11.1. The Bertz CT molecular complexity index is 406. The molecule has 0 atom stereocenters. The lowest BCUT2D eigenvalue weighted by atomic mass is 9.98. The Kier molecular flexibility index (Phi) is 2.34. The van der Waals surface area contributed by atoms with Crippen LogP contribution < -0.4 is 5.32 Å². The van der Waals surface area contributed by atoms with E-state index in [-0.39, 0.29) is 5.54 Å². The summed E-state index contributed by atoms with van der Waals surface area (Å²) in [6.45, 7) is 0. The molecule has 92 valence electrons. The van der Waals surface area contributed by atoms with Crippen LogP contribution in [0.4, 0.5) is 0 Å². The van der Waals surface area contributed by atoms with Gasteiger partial charge < -0.3 is 5.32 Å². The molecule has 1 aromatic rings. The van der Waals surface area contributed by atoms with Gasteiger partial charge in [0.05, 0.1) is 11.2 Å². The third kappa shape index (κ3) is 1.75. The van der Waals surface area contributed by atoms with Gasteiger partial charge in [0.1, 0.15) is 5.01 Å². The Labute approximate surface area is 107 Å². The Hall–Kier alpha value is -0.410. The van der Waals surface area contributed by atoms with E-state index in [1.165, 1.54) is 68.5 Å². The normalized spacial score (nSPS) is 26.4. The number of fused-ring (bicyclic) bond motifs is 1. The average molecular weight is 248 g/mol.